The summed E-state index contributed by atoms with van der Waals surface area (Å²) in [7, 11) is 1.50. The van der Waals surface area contributed by atoms with Crippen LogP contribution in [0.4, 0.5) is 4.39 Å². The van der Waals surface area contributed by atoms with Crippen molar-refractivity contribution in [2.45, 2.75) is 9.79 Å². The minimum atomic E-state index is -0.454. The lowest BCUT2D eigenvalue weighted by Crippen LogP contribution is -2.18. The van der Waals surface area contributed by atoms with Crippen LogP contribution in [0.5, 0.6) is 0 Å². The van der Waals surface area contributed by atoms with E-state index in [-0.39, 0.29) is 11.5 Å². The van der Waals surface area contributed by atoms with Gasteiger partial charge in [-0.05, 0) is 30.3 Å². The molecule has 1 N–H and O–H groups in total. The second-order valence-corrected chi connectivity index (χ2v) is 5.12. The molecule has 0 saturated carbocycles. The van der Waals surface area contributed by atoms with Crippen LogP contribution >= 0.6 is 11.8 Å². The second-order valence-electron chi connectivity index (χ2n) is 4.01. The van der Waals surface area contributed by atoms with Crippen molar-refractivity contribution in [3.05, 3.63) is 59.4 Å². The van der Waals surface area contributed by atoms with E-state index < -0.39 is 5.82 Å². The normalized spacial score (nSPS) is 10.1. The van der Waals surface area contributed by atoms with Gasteiger partial charge in [-0.15, -0.1) is 0 Å². The largest absolute Gasteiger partial charge is 0.355 e. The molecule has 5 heteroatoms. The first-order valence-electron chi connectivity index (χ1n) is 5.89. The predicted molar refractivity (Wildman–Crippen MR) is 75.7 cm³/mol. The summed E-state index contributed by atoms with van der Waals surface area (Å²) in [5.74, 6) is -0.791. The Bertz CT molecular complexity index is 641. The van der Waals surface area contributed by atoms with E-state index in [1.54, 1.807) is 30.3 Å². The monoisotopic (exact) mass is 289 g/mol. The topological polar surface area (TPSA) is 46.2 Å². The lowest BCUT2D eigenvalue weighted by molar-refractivity contribution is 0.0959. The molecule has 2 rings (SSSR count). The van der Waals surface area contributed by atoms with E-state index in [0.717, 1.165) is 11.2 Å². The van der Waals surface area contributed by atoms with Crippen molar-refractivity contribution in [2.24, 2.45) is 0 Å². The molecule has 3 nitrogen and oxygen atoms in total. The quantitative estimate of drug-likeness (QED) is 0.879. The molecule has 0 unspecified atom stereocenters. The molecule has 0 aliphatic rings. The molecule has 0 saturated heterocycles. The number of carbonyl (C=O) groups is 2. The van der Waals surface area contributed by atoms with Crippen LogP contribution in [0.1, 0.15) is 20.7 Å². The highest BCUT2D eigenvalue weighted by atomic mass is 32.2. The summed E-state index contributed by atoms with van der Waals surface area (Å²) >= 11 is 1.34. The molecule has 1 amide bonds. The Morgan fingerprint density at radius 1 is 1.20 bits per heavy atom. The van der Waals surface area contributed by atoms with Gasteiger partial charge in [-0.3, -0.25) is 9.59 Å². The Morgan fingerprint density at radius 2 is 1.90 bits per heavy atom. The van der Waals surface area contributed by atoms with Crippen LogP contribution in [0.15, 0.2) is 52.3 Å². The van der Waals surface area contributed by atoms with Crippen LogP contribution in [-0.4, -0.2) is 19.2 Å². The molecule has 2 aromatic rings. The zero-order valence-corrected chi connectivity index (χ0v) is 11.5. The van der Waals surface area contributed by atoms with Gasteiger partial charge in [-0.2, -0.15) is 0 Å². The predicted octanol–water partition coefficient (Wildman–Crippen LogP) is 3.15. The molecule has 0 radical (unpaired) electrons. The Hall–Kier alpha value is -2.14. The van der Waals surface area contributed by atoms with E-state index in [1.807, 2.05) is 0 Å². The molecule has 20 heavy (non-hydrogen) atoms. The van der Waals surface area contributed by atoms with Crippen molar-refractivity contribution in [1.29, 1.82) is 0 Å². The summed E-state index contributed by atoms with van der Waals surface area (Å²) in [5, 5.41) is 2.49. The number of benzene rings is 2. The Kier molecular flexibility index (Phi) is 4.53. The third-order valence-electron chi connectivity index (χ3n) is 2.66. The number of aldehydes is 1. The average molecular weight is 289 g/mol. The van der Waals surface area contributed by atoms with Gasteiger partial charge >= 0.3 is 0 Å². The Labute approximate surface area is 120 Å². The van der Waals surface area contributed by atoms with Crippen molar-refractivity contribution in [1.82, 2.24) is 5.32 Å². The zero-order chi connectivity index (χ0) is 14.5. The number of halogens is 1. The molecule has 0 heterocycles. The summed E-state index contributed by atoms with van der Waals surface area (Å²) in [6.45, 7) is 0. The van der Waals surface area contributed by atoms with E-state index in [9.17, 15) is 14.0 Å². The van der Waals surface area contributed by atoms with Crippen LogP contribution in [0.25, 0.3) is 0 Å². The zero-order valence-electron chi connectivity index (χ0n) is 10.7. The number of amides is 1. The van der Waals surface area contributed by atoms with Gasteiger partial charge in [-0.1, -0.05) is 23.9 Å². The number of hydrogen-bond donors (Lipinski definition) is 1. The van der Waals surface area contributed by atoms with Crippen molar-refractivity contribution >= 4 is 24.0 Å². The summed E-state index contributed by atoms with van der Waals surface area (Å²) in [5.41, 5.74) is 0.872. The molecule has 2 aromatic carbocycles. The van der Waals surface area contributed by atoms with Crippen molar-refractivity contribution < 1.29 is 14.0 Å². The van der Waals surface area contributed by atoms with Crippen LogP contribution in [0.2, 0.25) is 0 Å². The first-order valence-corrected chi connectivity index (χ1v) is 6.70. The number of hydrogen-bond acceptors (Lipinski definition) is 3. The molecule has 0 fully saturated rings. The van der Waals surface area contributed by atoms with Crippen molar-refractivity contribution in [3.63, 3.8) is 0 Å². The number of rotatable bonds is 4. The average Bonchev–Trinajstić information content (AvgIpc) is 2.49. The van der Waals surface area contributed by atoms with Gasteiger partial charge in [-0.25, -0.2) is 4.39 Å². The SMILES string of the molecule is CNC(=O)c1cc(F)ccc1Sc1ccc(C=O)cc1. The fourth-order valence-corrected chi connectivity index (χ4v) is 2.57. The minimum Gasteiger partial charge on any atom is -0.355 e. The summed E-state index contributed by atoms with van der Waals surface area (Å²) < 4.78 is 13.3. The van der Waals surface area contributed by atoms with Crippen LogP contribution in [0, 0.1) is 5.82 Å². The van der Waals surface area contributed by atoms with E-state index in [0.29, 0.717) is 10.5 Å². The smallest absolute Gasteiger partial charge is 0.252 e. The van der Waals surface area contributed by atoms with Gasteiger partial charge in [0.05, 0.1) is 5.56 Å². The lowest BCUT2D eigenvalue weighted by atomic mass is 10.2. The highest BCUT2D eigenvalue weighted by Crippen LogP contribution is 2.31. The molecule has 0 aromatic heterocycles. The fraction of sp³-hybridized carbons (Fsp3) is 0.0667. The van der Waals surface area contributed by atoms with E-state index in [2.05, 4.69) is 5.32 Å². The van der Waals surface area contributed by atoms with Gasteiger partial charge in [0.1, 0.15) is 12.1 Å². The standard InChI is InChI=1S/C15H12FNO2S/c1-17-15(19)13-8-11(16)4-7-14(13)20-12-5-2-10(9-18)3-6-12/h2-9H,1H3,(H,17,19). The van der Waals surface area contributed by atoms with Crippen LogP contribution < -0.4 is 5.32 Å². The van der Waals surface area contributed by atoms with Gasteiger partial charge in [0, 0.05) is 22.4 Å². The Morgan fingerprint density at radius 3 is 2.50 bits per heavy atom. The highest BCUT2D eigenvalue weighted by Gasteiger charge is 2.12. The van der Waals surface area contributed by atoms with Crippen LogP contribution in [0.3, 0.4) is 0 Å². The van der Waals surface area contributed by atoms with Gasteiger partial charge in [0.2, 0.25) is 0 Å². The summed E-state index contributed by atoms with van der Waals surface area (Å²) in [4.78, 5) is 23.9. The lowest BCUT2D eigenvalue weighted by Gasteiger charge is -2.08. The van der Waals surface area contributed by atoms with Gasteiger partial charge in [0.15, 0.2) is 0 Å². The Balaban J connectivity index is 2.32. The maximum atomic E-state index is 13.3. The third-order valence-corrected chi connectivity index (χ3v) is 3.74. The third kappa shape index (κ3) is 3.24. The molecule has 0 spiro atoms. The van der Waals surface area contributed by atoms with Gasteiger partial charge in [0.25, 0.3) is 5.91 Å². The molecule has 0 aliphatic heterocycles. The van der Waals surface area contributed by atoms with E-state index in [4.69, 9.17) is 0 Å². The van der Waals surface area contributed by atoms with Crippen LogP contribution in [-0.2, 0) is 0 Å². The molecule has 102 valence electrons. The molecule has 0 atom stereocenters. The summed E-state index contributed by atoms with van der Waals surface area (Å²) in [6.07, 6.45) is 0.766. The maximum Gasteiger partial charge on any atom is 0.252 e. The van der Waals surface area contributed by atoms with Gasteiger partial charge < -0.3 is 5.32 Å². The second kappa shape index (κ2) is 6.34. The van der Waals surface area contributed by atoms with E-state index in [1.165, 1.54) is 30.9 Å². The highest BCUT2D eigenvalue weighted by molar-refractivity contribution is 7.99. The van der Waals surface area contributed by atoms with Crippen molar-refractivity contribution in [2.75, 3.05) is 7.05 Å². The van der Waals surface area contributed by atoms with E-state index >= 15 is 0 Å². The molecule has 0 aliphatic carbocycles. The molecule has 0 bridgehead atoms. The minimum absolute atomic E-state index is 0.289. The molecular formula is C15H12FNO2S. The fourth-order valence-electron chi connectivity index (χ4n) is 1.64. The first-order chi connectivity index (χ1) is 9.63. The molecular weight excluding hydrogens is 277 g/mol. The number of carbonyl (C=O) groups excluding carboxylic acids is 2. The summed E-state index contributed by atoms with van der Waals surface area (Å²) in [6, 6.07) is 11.0. The van der Waals surface area contributed by atoms with Crippen molar-refractivity contribution in [3.8, 4) is 0 Å². The number of nitrogens with one attached hydrogen (secondary N) is 1. The maximum absolute atomic E-state index is 13.3. The first kappa shape index (κ1) is 14.3.